The number of benzene rings is 1. The average Bonchev–Trinajstić information content (AvgIpc) is 3.32. The summed E-state index contributed by atoms with van der Waals surface area (Å²) >= 11 is 13.1. The van der Waals surface area contributed by atoms with Crippen LogP contribution in [0.25, 0.3) is 0 Å². The van der Waals surface area contributed by atoms with E-state index in [-0.39, 0.29) is 5.91 Å². The third-order valence-electron chi connectivity index (χ3n) is 6.33. The Hall–Kier alpha value is -3.30. The van der Waals surface area contributed by atoms with Gasteiger partial charge in [-0.05, 0) is 43.9 Å². The standard InChI is InChI=1S/C25H27Cl2N7O2/c1-36-21-14-20(33-10-3-2-4-11-33)16(26)13-19(21)31-25-29-15-17(27)23(32-25)30-18-7-5-9-28-24(18)34-12-6-8-22(34)35/h5,7,9,13-15H,2-4,6,8,10-12H2,1H3,(H2,29,30,31,32). The van der Waals surface area contributed by atoms with Crippen LogP contribution in [0.4, 0.5) is 34.6 Å². The minimum absolute atomic E-state index is 0.0462. The Labute approximate surface area is 219 Å². The van der Waals surface area contributed by atoms with Gasteiger partial charge in [0.15, 0.2) is 11.6 Å². The number of anilines is 6. The van der Waals surface area contributed by atoms with Crippen molar-refractivity contribution in [2.45, 2.75) is 32.1 Å². The molecule has 5 rings (SSSR count). The van der Waals surface area contributed by atoms with Gasteiger partial charge in [0.05, 0.1) is 35.4 Å². The molecule has 2 aliphatic heterocycles. The van der Waals surface area contributed by atoms with Gasteiger partial charge in [-0.3, -0.25) is 9.69 Å². The smallest absolute Gasteiger partial charge is 0.229 e. The van der Waals surface area contributed by atoms with Crippen LogP contribution in [0.3, 0.4) is 0 Å². The van der Waals surface area contributed by atoms with Gasteiger partial charge in [0.2, 0.25) is 11.9 Å². The maximum Gasteiger partial charge on any atom is 0.229 e. The van der Waals surface area contributed by atoms with E-state index in [2.05, 4.69) is 30.5 Å². The molecule has 4 heterocycles. The third-order valence-corrected chi connectivity index (χ3v) is 6.90. The lowest BCUT2D eigenvalue weighted by atomic mass is 10.1. The van der Waals surface area contributed by atoms with E-state index in [1.807, 2.05) is 18.2 Å². The van der Waals surface area contributed by atoms with Crippen molar-refractivity contribution in [2.75, 3.05) is 47.2 Å². The van der Waals surface area contributed by atoms with Crippen molar-refractivity contribution in [3.05, 3.63) is 46.7 Å². The Morgan fingerprint density at radius 2 is 1.81 bits per heavy atom. The molecular formula is C25H27Cl2N7O2. The summed E-state index contributed by atoms with van der Waals surface area (Å²) in [5.41, 5.74) is 2.23. The van der Waals surface area contributed by atoms with Crippen molar-refractivity contribution in [2.24, 2.45) is 0 Å². The molecule has 0 spiro atoms. The van der Waals surface area contributed by atoms with Gasteiger partial charge in [-0.2, -0.15) is 4.98 Å². The Morgan fingerprint density at radius 1 is 0.972 bits per heavy atom. The number of hydrogen-bond donors (Lipinski definition) is 2. The van der Waals surface area contributed by atoms with Crippen LogP contribution in [-0.4, -0.2) is 47.6 Å². The van der Waals surface area contributed by atoms with Gasteiger partial charge in [0.25, 0.3) is 0 Å². The molecule has 1 amide bonds. The Morgan fingerprint density at radius 3 is 2.56 bits per heavy atom. The molecule has 3 aromatic rings. The number of methoxy groups -OCH3 is 1. The molecule has 0 atom stereocenters. The number of amides is 1. The number of halogens is 2. The van der Waals surface area contributed by atoms with Crippen LogP contribution in [0, 0.1) is 0 Å². The number of carbonyl (C=O) groups excluding carboxylic acids is 1. The first-order chi connectivity index (χ1) is 17.5. The number of rotatable bonds is 7. The fourth-order valence-corrected chi connectivity index (χ4v) is 4.95. The predicted molar refractivity (Wildman–Crippen MR) is 143 cm³/mol. The summed E-state index contributed by atoms with van der Waals surface area (Å²) in [5, 5.41) is 7.36. The van der Waals surface area contributed by atoms with Crippen LogP contribution in [0.2, 0.25) is 10.0 Å². The molecule has 0 saturated carbocycles. The topological polar surface area (TPSA) is 95.5 Å². The summed E-state index contributed by atoms with van der Waals surface area (Å²) in [4.78, 5) is 29.5. The summed E-state index contributed by atoms with van der Waals surface area (Å²) in [7, 11) is 1.62. The quantitative estimate of drug-likeness (QED) is 0.398. The van der Waals surface area contributed by atoms with Crippen molar-refractivity contribution < 1.29 is 9.53 Å². The number of carbonyl (C=O) groups is 1. The van der Waals surface area contributed by atoms with E-state index in [1.165, 1.54) is 12.6 Å². The molecule has 2 N–H and O–H groups in total. The van der Waals surface area contributed by atoms with Crippen LogP contribution >= 0.6 is 23.2 Å². The van der Waals surface area contributed by atoms with Crippen LogP contribution in [0.1, 0.15) is 32.1 Å². The van der Waals surface area contributed by atoms with Crippen molar-refractivity contribution in [3.63, 3.8) is 0 Å². The molecule has 0 unspecified atom stereocenters. The summed E-state index contributed by atoms with van der Waals surface area (Å²) in [6, 6.07) is 7.40. The maximum absolute atomic E-state index is 12.3. The predicted octanol–water partition coefficient (Wildman–Crippen LogP) is 5.79. The highest BCUT2D eigenvalue weighted by Gasteiger charge is 2.25. The van der Waals surface area contributed by atoms with Gasteiger partial charge in [-0.1, -0.05) is 23.2 Å². The largest absolute Gasteiger partial charge is 0.494 e. The van der Waals surface area contributed by atoms with Crippen molar-refractivity contribution in [1.29, 1.82) is 0 Å². The highest BCUT2D eigenvalue weighted by molar-refractivity contribution is 6.34. The van der Waals surface area contributed by atoms with Gasteiger partial charge in [-0.15, -0.1) is 0 Å². The van der Waals surface area contributed by atoms with Gasteiger partial charge in [0, 0.05) is 38.3 Å². The second-order valence-corrected chi connectivity index (χ2v) is 9.53. The molecule has 2 saturated heterocycles. The molecule has 2 fully saturated rings. The normalized spacial score (nSPS) is 15.8. The number of piperidine rings is 1. The van der Waals surface area contributed by atoms with Gasteiger partial charge < -0.3 is 20.3 Å². The molecule has 36 heavy (non-hydrogen) atoms. The van der Waals surface area contributed by atoms with E-state index in [9.17, 15) is 4.79 Å². The second-order valence-electron chi connectivity index (χ2n) is 8.72. The molecule has 11 heteroatoms. The zero-order valence-corrected chi connectivity index (χ0v) is 21.4. The van der Waals surface area contributed by atoms with Gasteiger partial charge >= 0.3 is 0 Å². The molecule has 1 aromatic carbocycles. The molecule has 0 aliphatic carbocycles. The highest BCUT2D eigenvalue weighted by atomic mass is 35.5. The number of hydrogen-bond acceptors (Lipinski definition) is 8. The van der Waals surface area contributed by atoms with Crippen LogP contribution in [0.5, 0.6) is 5.75 Å². The fourth-order valence-electron chi connectivity index (χ4n) is 4.53. The molecule has 0 bridgehead atoms. The summed E-state index contributed by atoms with van der Waals surface area (Å²) in [6.07, 6.45) is 8.02. The molecule has 0 radical (unpaired) electrons. The Bertz CT molecular complexity index is 1270. The number of ether oxygens (including phenoxy) is 1. The van der Waals surface area contributed by atoms with Crippen molar-refractivity contribution in [3.8, 4) is 5.75 Å². The molecule has 188 valence electrons. The van der Waals surface area contributed by atoms with E-state index in [0.29, 0.717) is 57.7 Å². The van der Waals surface area contributed by atoms with Crippen LogP contribution < -0.4 is 25.2 Å². The monoisotopic (exact) mass is 527 g/mol. The SMILES string of the molecule is COc1cc(N2CCCCC2)c(Cl)cc1Nc1ncc(Cl)c(Nc2cccnc2N2CCCC2=O)n1. The number of nitrogens with one attached hydrogen (secondary N) is 2. The van der Waals surface area contributed by atoms with E-state index in [4.69, 9.17) is 27.9 Å². The van der Waals surface area contributed by atoms with E-state index >= 15 is 0 Å². The summed E-state index contributed by atoms with van der Waals surface area (Å²) in [6.45, 7) is 2.58. The van der Waals surface area contributed by atoms with E-state index in [1.54, 1.807) is 24.3 Å². The number of pyridine rings is 1. The molecule has 2 aliphatic rings. The minimum atomic E-state index is 0.0462. The van der Waals surface area contributed by atoms with Crippen molar-refractivity contribution in [1.82, 2.24) is 15.0 Å². The first-order valence-electron chi connectivity index (χ1n) is 12.0. The zero-order chi connectivity index (χ0) is 25.1. The maximum atomic E-state index is 12.3. The molecular weight excluding hydrogens is 501 g/mol. The van der Waals surface area contributed by atoms with Crippen molar-refractivity contribution >= 4 is 63.8 Å². The lowest BCUT2D eigenvalue weighted by Gasteiger charge is -2.30. The lowest BCUT2D eigenvalue weighted by molar-refractivity contribution is -0.117. The number of aromatic nitrogens is 3. The van der Waals surface area contributed by atoms with Crippen LogP contribution in [0.15, 0.2) is 36.7 Å². The zero-order valence-electron chi connectivity index (χ0n) is 19.9. The Kier molecular flexibility index (Phi) is 7.29. The molecule has 9 nitrogen and oxygen atoms in total. The van der Waals surface area contributed by atoms with Gasteiger partial charge in [0.1, 0.15) is 10.8 Å². The highest BCUT2D eigenvalue weighted by Crippen LogP contribution is 2.39. The Balaban J connectivity index is 1.40. The van der Waals surface area contributed by atoms with E-state index in [0.717, 1.165) is 38.0 Å². The minimum Gasteiger partial charge on any atom is -0.494 e. The second kappa shape index (κ2) is 10.8. The third kappa shape index (κ3) is 5.12. The first-order valence-corrected chi connectivity index (χ1v) is 12.7. The first kappa shape index (κ1) is 24.4. The molecule has 2 aromatic heterocycles. The fraction of sp³-hybridized carbons (Fsp3) is 0.360. The van der Waals surface area contributed by atoms with Gasteiger partial charge in [-0.25, -0.2) is 9.97 Å². The van der Waals surface area contributed by atoms with E-state index < -0.39 is 0 Å². The van der Waals surface area contributed by atoms with Crippen LogP contribution in [-0.2, 0) is 4.79 Å². The summed E-state index contributed by atoms with van der Waals surface area (Å²) in [5.74, 6) is 1.92. The summed E-state index contributed by atoms with van der Waals surface area (Å²) < 4.78 is 5.65. The lowest BCUT2D eigenvalue weighted by Crippen LogP contribution is -2.29. The average molecular weight is 528 g/mol. The number of nitrogens with zero attached hydrogens (tertiary/aromatic N) is 5.